The van der Waals surface area contributed by atoms with Gasteiger partial charge in [-0.1, -0.05) is 19.1 Å². The molecular formula is C20H17F4N3OS. The van der Waals surface area contributed by atoms with E-state index in [9.17, 15) is 22.4 Å². The van der Waals surface area contributed by atoms with Crippen LogP contribution in [-0.4, -0.2) is 10.9 Å². The number of benzene rings is 1. The van der Waals surface area contributed by atoms with Gasteiger partial charge in [0.15, 0.2) is 0 Å². The number of hydrogen-bond donors (Lipinski definition) is 2. The second kappa shape index (κ2) is 6.98. The highest BCUT2D eigenvalue weighted by Crippen LogP contribution is 2.46. The number of nitrogens with two attached hydrogens (primary N) is 1. The number of rotatable bonds is 2. The zero-order valence-corrected chi connectivity index (χ0v) is 16.2. The van der Waals surface area contributed by atoms with E-state index in [1.54, 1.807) is 0 Å². The van der Waals surface area contributed by atoms with Gasteiger partial charge >= 0.3 is 6.18 Å². The summed E-state index contributed by atoms with van der Waals surface area (Å²) in [6, 6.07) is 5.52. The second-order valence-corrected chi connectivity index (χ2v) is 8.22. The highest BCUT2D eigenvalue weighted by atomic mass is 32.1. The summed E-state index contributed by atoms with van der Waals surface area (Å²) in [5.41, 5.74) is 5.42. The topological polar surface area (TPSA) is 68.0 Å². The monoisotopic (exact) mass is 423 g/mol. The molecule has 0 unspecified atom stereocenters. The zero-order valence-electron chi connectivity index (χ0n) is 15.4. The average Bonchev–Trinajstić information content (AvgIpc) is 2.97. The fraction of sp³-hybridized carbons (Fsp3) is 0.300. The van der Waals surface area contributed by atoms with Gasteiger partial charge in [-0.3, -0.25) is 4.79 Å². The molecule has 29 heavy (non-hydrogen) atoms. The van der Waals surface area contributed by atoms with E-state index in [1.165, 1.54) is 24.3 Å². The van der Waals surface area contributed by atoms with Gasteiger partial charge < -0.3 is 11.1 Å². The van der Waals surface area contributed by atoms with E-state index in [0.29, 0.717) is 12.1 Å². The van der Waals surface area contributed by atoms with Crippen molar-refractivity contribution in [3.63, 3.8) is 0 Å². The molecular weight excluding hydrogens is 406 g/mol. The van der Waals surface area contributed by atoms with Crippen LogP contribution < -0.4 is 11.1 Å². The van der Waals surface area contributed by atoms with Crippen LogP contribution in [0.2, 0.25) is 0 Å². The molecule has 0 radical (unpaired) electrons. The van der Waals surface area contributed by atoms with Crippen molar-refractivity contribution in [3.8, 4) is 0 Å². The molecule has 0 spiro atoms. The molecule has 4 nitrogen and oxygen atoms in total. The molecule has 4 rings (SSSR count). The minimum absolute atomic E-state index is 0.0711. The van der Waals surface area contributed by atoms with Crippen molar-refractivity contribution in [3.05, 3.63) is 51.8 Å². The number of alkyl halides is 3. The molecule has 9 heteroatoms. The lowest BCUT2D eigenvalue weighted by atomic mass is 9.84. The van der Waals surface area contributed by atoms with Crippen LogP contribution in [0.25, 0.3) is 10.2 Å². The third kappa shape index (κ3) is 3.43. The summed E-state index contributed by atoms with van der Waals surface area (Å²) in [4.78, 5) is 17.0. The van der Waals surface area contributed by atoms with Crippen molar-refractivity contribution in [1.82, 2.24) is 4.98 Å². The Balaban J connectivity index is 1.87. The van der Waals surface area contributed by atoms with E-state index in [4.69, 9.17) is 5.73 Å². The first-order valence-corrected chi connectivity index (χ1v) is 9.85. The lowest BCUT2D eigenvalue weighted by Gasteiger charge is -2.25. The molecule has 2 aromatic heterocycles. The van der Waals surface area contributed by atoms with E-state index in [0.717, 1.165) is 17.8 Å². The third-order valence-corrected chi connectivity index (χ3v) is 6.20. The lowest BCUT2D eigenvalue weighted by Crippen LogP contribution is -2.20. The number of fused-ring (bicyclic) bond motifs is 2. The smallest absolute Gasteiger partial charge is 0.397 e. The summed E-state index contributed by atoms with van der Waals surface area (Å²) >= 11 is 0.790. The van der Waals surface area contributed by atoms with E-state index in [1.807, 2.05) is 6.92 Å². The largest absolute Gasteiger partial charge is 0.417 e. The van der Waals surface area contributed by atoms with Gasteiger partial charge in [-0.15, -0.1) is 11.3 Å². The molecule has 2 heterocycles. The van der Waals surface area contributed by atoms with Crippen LogP contribution in [0.15, 0.2) is 24.3 Å². The Bertz CT molecular complexity index is 1120. The summed E-state index contributed by atoms with van der Waals surface area (Å²) in [5.74, 6) is -1.32. The van der Waals surface area contributed by atoms with Gasteiger partial charge in [0, 0.05) is 11.1 Å². The number of aryl methyl sites for hydroxylation is 1. The number of aromatic nitrogens is 1. The molecule has 0 saturated carbocycles. The molecule has 0 aliphatic heterocycles. The Morgan fingerprint density at radius 1 is 1.31 bits per heavy atom. The first-order valence-electron chi connectivity index (χ1n) is 9.03. The maximum atomic E-state index is 14.0. The van der Waals surface area contributed by atoms with Crippen LogP contribution in [0.3, 0.4) is 0 Å². The van der Waals surface area contributed by atoms with Crippen molar-refractivity contribution in [1.29, 1.82) is 0 Å². The Morgan fingerprint density at radius 2 is 2.03 bits per heavy atom. The molecule has 1 atom stereocenters. The van der Waals surface area contributed by atoms with Gasteiger partial charge in [0.1, 0.15) is 15.5 Å². The number of nitrogen functional groups attached to an aromatic ring is 1. The van der Waals surface area contributed by atoms with E-state index < -0.39 is 23.5 Å². The van der Waals surface area contributed by atoms with Crippen molar-refractivity contribution in [2.45, 2.75) is 32.4 Å². The summed E-state index contributed by atoms with van der Waals surface area (Å²) in [7, 11) is 0. The number of para-hydroxylation sites is 1. The van der Waals surface area contributed by atoms with Gasteiger partial charge in [0.25, 0.3) is 5.91 Å². The third-order valence-electron chi connectivity index (χ3n) is 5.10. The lowest BCUT2D eigenvalue weighted by molar-refractivity contribution is -0.137. The summed E-state index contributed by atoms with van der Waals surface area (Å²) in [6.45, 7) is 1.90. The van der Waals surface area contributed by atoms with E-state index >= 15 is 0 Å². The minimum Gasteiger partial charge on any atom is -0.397 e. The predicted molar refractivity (Wildman–Crippen MR) is 105 cm³/mol. The summed E-state index contributed by atoms with van der Waals surface area (Å²) in [6.07, 6.45) is -3.16. The number of hydrogen-bond acceptors (Lipinski definition) is 4. The fourth-order valence-corrected chi connectivity index (χ4v) is 4.74. The van der Waals surface area contributed by atoms with E-state index in [-0.39, 0.29) is 44.4 Å². The zero-order chi connectivity index (χ0) is 20.9. The molecule has 1 aliphatic carbocycles. The normalized spacial score (nSPS) is 16.7. The van der Waals surface area contributed by atoms with Crippen LogP contribution in [0, 0.1) is 11.7 Å². The summed E-state index contributed by atoms with van der Waals surface area (Å²) < 4.78 is 55.8. The standard InChI is InChI=1S/C20H17F4N3OS/c1-9-6-7-12-10(8-9)15(20(22,23)24)14-16(25)17(29-19(14)27-12)18(28)26-13-5-3-2-4-11(13)21/h2-5,9H,6-8,25H2,1H3,(H,26,28)/t9-/m1/s1. The van der Waals surface area contributed by atoms with Crippen molar-refractivity contribution in [2.24, 2.45) is 5.92 Å². The molecule has 1 aromatic carbocycles. The highest BCUT2D eigenvalue weighted by Gasteiger charge is 2.40. The molecule has 152 valence electrons. The second-order valence-electron chi connectivity index (χ2n) is 7.22. The molecule has 0 saturated heterocycles. The van der Waals surface area contributed by atoms with E-state index in [2.05, 4.69) is 10.3 Å². The number of carbonyl (C=O) groups excluding carboxylic acids is 1. The number of nitrogens with zero attached hydrogens (tertiary/aromatic N) is 1. The SMILES string of the molecule is C[C@@H]1CCc2nc3sc(C(=O)Nc4ccccc4F)c(N)c3c(C(F)(F)F)c2C1. The van der Waals surface area contributed by atoms with Crippen LogP contribution in [0.5, 0.6) is 0 Å². The number of anilines is 2. The Kier molecular flexibility index (Phi) is 4.72. The molecule has 1 amide bonds. The van der Waals surface area contributed by atoms with Crippen LogP contribution in [0.4, 0.5) is 28.9 Å². The van der Waals surface area contributed by atoms with Crippen molar-refractivity contribution in [2.75, 3.05) is 11.1 Å². The highest BCUT2D eigenvalue weighted by molar-refractivity contribution is 7.21. The quantitative estimate of drug-likeness (QED) is 0.542. The molecule has 3 N–H and O–H groups in total. The van der Waals surface area contributed by atoms with Crippen molar-refractivity contribution >= 4 is 38.8 Å². The number of amides is 1. The minimum atomic E-state index is -4.63. The Morgan fingerprint density at radius 3 is 2.72 bits per heavy atom. The molecule has 0 fully saturated rings. The predicted octanol–water partition coefficient (Wildman–Crippen LogP) is 5.41. The van der Waals surface area contributed by atoms with Gasteiger partial charge in [-0.25, -0.2) is 9.37 Å². The number of pyridine rings is 1. The molecule has 0 bridgehead atoms. The Labute approximate surface area is 167 Å². The van der Waals surface area contributed by atoms with Gasteiger partial charge in [0.2, 0.25) is 0 Å². The average molecular weight is 423 g/mol. The maximum absolute atomic E-state index is 14.0. The fourth-order valence-electron chi connectivity index (χ4n) is 3.72. The number of halogens is 4. The van der Waals surface area contributed by atoms with Crippen LogP contribution in [0.1, 0.15) is 39.8 Å². The van der Waals surface area contributed by atoms with Gasteiger partial charge in [-0.05, 0) is 42.9 Å². The summed E-state index contributed by atoms with van der Waals surface area (Å²) in [5, 5.41) is 2.13. The maximum Gasteiger partial charge on any atom is 0.417 e. The number of carbonyl (C=O) groups is 1. The molecule has 1 aliphatic rings. The number of nitrogens with one attached hydrogen (secondary N) is 1. The van der Waals surface area contributed by atoms with Gasteiger partial charge in [-0.2, -0.15) is 13.2 Å². The first-order chi connectivity index (χ1) is 13.7. The Hall–Kier alpha value is -2.68. The van der Waals surface area contributed by atoms with Gasteiger partial charge in [0.05, 0.1) is 16.9 Å². The molecule has 3 aromatic rings. The number of thiophene rings is 1. The van der Waals surface area contributed by atoms with Crippen LogP contribution >= 0.6 is 11.3 Å². The van der Waals surface area contributed by atoms with Crippen molar-refractivity contribution < 1.29 is 22.4 Å². The first kappa shape index (κ1) is 19.6. The van der Waals surface area contributed by atoms with Crippen LogP contribution in [-0.2, 0) is 19.0 Å².